The molecule has 0 radical (unpaired) electrons. The molecule has 0 aliphatic heterocycles. The van der Waals surface area contributed by atoms with Crippen molar-refractivity contribution in [2.75, 3.05) is 13.7 Å². The van der Waals surface area contributed by atoms with E-state index in [4.69, 9.17) is 9.47 Å². The molecule has 0 aliphatic rings. The van der Waals surface area contributed by atoms with Crippen molar-refractivity contribution in [1.29, 1.82) is 0 Å². The van der Waals surface area contributed by atoms with Gasteiger partial charge in [-0.05, 0) is 30.0 Å². The molecule has 0 bridgehead atoms. The van der Waals surface area contributed by atoms with E-state index in [-0.39, 0.29) is 6.10 Å². The fourth-order valence-corrected chi connectivity index (χ4v) is 1.67. The molecule has 0 aliphatic carbocycles. The lowest BCUT2D eigenvalue weighted by Gasteiger charge is -2.16. The van der Waals surface area contributed by atoms with Crippen molar-refractivity contribution in [2.24, 2.45) is 5.92 Å². The molecule has 0 amide bonds. The maximum Gasteiger partial charge on any atom is 0.118 e. The van der Waals surface area contributed by atoms with E-state index in [0.29, 0.717) is 25.6 Å². The maximum absolute atomic E-state index is 9.79. The van der Waals surface area contributed by atoms with E-state index in [2.05, 4.69) is 13.8 Å². The van der Waals surface area contributed by atoms with Gasteiger partial charge in [0.15, 0.2) is 0 Å². The third-order valence-corrected chi connectivity index (χ3v) is 3.29. The van der Waals surface area contributed by atoms with Gasteiger partial charge in [0.25, 0.3) is 0 Å². The van der Waals surface area contributed by atoms with E-state index in [1.807, 2.05) is 24.3 Å². The molecule has 0 saturated carbocycles. The fourth-order valence-electron chi connectivity index (χ4n) is 1.67. The van der Waals surface area contributed by atoms with Crippen LogP contribution in [0, 0.1) is 5.92 Å². The van der Waals surface area contributed by atoms with Gasteiger partial charge in [0.2, 0.25) is 0 Å². The molecule has 1 aromatic carbocycles. The van der Waals surface area contributed by atoms with Crippen molar-refractivity contribution >= 4 is 0 Å². The van der Waals surface area contributed by atoms with E-state index < -0.39 is 0 Å². The first kappa shape index (κ1) is 15.0. The summed E-state index contributed by atoms with van der Waals surface area (Å²) in [6, 6.07) is 7.83. The number of aliphatic hydroxyl groups is 1. The molecular weight excluding hydrogens is 228 g/mol. The van der Waals surface area contributed by atoms with Crippen LogP contribution in [0.3, 0.4) is 0 Å². The van der Waals surface area contributed by atoms with E-state index in [0.717, 1.165) is 17.7 Å². The highest BCUT2D eigenvalue weighted by atomic mass is 16.5. The van der Waals surface area contributed by atoms with Gasteiger partial charge in [0.05, 0.1) is 19.8 Å². The Balaban J connectivity index is 2.21. The van der Waals surface area contributed by atoms with E-state index in [1.165, 1.54) is 0 Å². The number of rotatable bonds is 8. The number of aliphatic hydroxyl groups excluding tert-OH is 1. The summed E-state index contributed by atoms with van der Waals surface area (Å²) in [5.41, 5.74) is 1.12. The summed E-state index contributed by atoms with van der Waals surface area (Å²) in [7, 11) is 1.65. The minimum Gasteiger partial charge on any atom is -0.497 e. The number of ether oxygens (including phenoxy) is 2. The third-order valence-electron chi connectivity index (χ3n) is 3.29. The maximum atomic E-state index is 9.79. The van der Waals surface area contributed by atoms with Gasteiger partial charge in [-0.25, -0.2) is 0 Å². The predicted molar refractivity (Wildman–Crippen MR) is 72.7 cm³/mol. The van der Waals surface area contributed by atoms with Crippen molar-refractivity contribution in [1.82, 2.24) is 0 Å². The summed E-state index contributed by atoms with van der Waals surface area (Å²) in [4.78, 5) is 0. The smallest absolute Gasteiger partial charge is 0.118 e. The molecule has 0 heterocycles. The van der Waals surface area contributed by atoms with E-state index >= 15 is 0 Å². The Morgan fingerprint density at radius 1 is 1.22 bits per heavy atom. The Kier molecular flexibility index (Phi) is 6.76. The molecule has 1 N–H and O–H groups in total. The van der Waals surface area contributed by atoms with Crippen LogP contribution in [0.1, 0.15) is 32.3 Å². The molecule has 2 atom stereocenters. The van der Waals surface area contributed by atoms with Crippen molar-refractivity contribution in [2.45, 2.75) is 39.4 Å². The molecule has 0 spiro atoms. The van der Waals surface area contributed by atoms with Crippen LogP contribution in [0.15, 0.2) is 24.3 Å². The second-order valence-corrected chi connectivity index (χ2v) is 4.64. The van der Waals surface area contributed by atoms with Gasteiger partial charge in [0, 0.05) is 6.61 Å². The number of hydrogen-bond donors (Lipinski definition) is 1. The van der Waals surface area contributed by atoms with Crippen molar-refractivity contribution in [3.05, 3.63) is 29.8 Å². The molecule has 1 aromatic rings. The molecular formula is C15H24O3. The Morgan fingerprint density at radius 3 is 2.44 bits per heavy atom. The van der Waals surface area contributed by atoms with Crippen LogP contribution in [0.5, 0.6) is 5.75 Å². The van der Waals surface area contributed by atoms with Gasteiger partial charge in [-0.15, -0.1) is 0 Å². The van der Waals surface area contributed by atoms with Crippen LogP contribution >= 0.6 is 0 Å². The highest BCUT2D eigenvalue weighted by Crippen LogP contribution is 2.13. The summed E-state index contributed by atoms with van der Waals surface area (Å²) in [6.45, 7) is 5.33. The molecule has 0 unspecified atom stereocenters. The first-order chi connectivity index (χ1) is 8.67. The van der Waals surface area contributed by atoms with E-state index in [9.17, 15) is 5.11 Å². The Bertz CT molecular complexity index is 321. The standard InChI is InChI=1S/C15H24O3/c1-4-12(2)15(16)9-10-18-11-13-5-7-14(17-3)8-6-13/h5-8,12,15-16H,4,9-11H2,1-3H3/t12-,15-/m0/s1. The zero-order valence-corrected chi connectivity index (χ0v) is 11.6. The van der Waals surface area contributed by atoms with Crippen LogP contribution in [-0.2, 0) is 11.3 Å². The topological polar surface area (TPSA) is 38.7 Å². The van der Waals surface area contributed by atoms with Gasteiger partial charge >= 0.3 is 0 Å². The lowest BCUT2D eigenvalue weighted by molar-refractivity contribution is 0.0485. The van der Waals surface area contributed by atoms with Crippen molar-refractivity contribution in [3.8, 4) is 5.75 Å². The van der Waals surface area contributed by atoms with Crippen LogP contribution in [0.4, 0.5) is 0 Å². The second kappa shape index (κ2) is 8.11. The summed E-state index contributed by atoms with van der Waals surface area (Å²) < 4.78 is 10.6. The predicted octanol–water partition coefficient (Wildman–Crippen LogP) is 3.01. The second-order valence-electron chi connectivity index (χ2n) is 4.64. The van der Waals surface area contributed by atoms with Crippen molar-refractivity contribution in [3.63, 3.8) is 0 Å². The highest BCUT2D eigenvalue weighted by molar-refractivity contribution is 5.26. The van der Waals surface area contributed by atoms with Crippen LogP contribution in [-0.4, -0.2) is 24.9 Å². The molecule has 3 nitrogen and oxygen atoms in total. The van der Waals surface area contributed by atoms with Crippen LogP contribution in [0.25, 0.3) is 0 Å². The zero-order chi connectivity index (χ0) is 13.4. The van der Waals surface area contributed by atoms with Crippen LogP contribution < -0.4 is 4.74 Å². The Labute approximate surface area is 110 Å². The summed E-state index contributed by atoms with van der Waals surface area (Å²) in [5.74, 6) is 1.19. The number of methoxy groups -OCH3 is 1. The molecule has 18 heavy (non-hydrogen) atoms. The van der Waals surface area contributed by atoms with Gasteiger partial charge in [-0.1, -0.05) is 32.4 Å². The molecule has 0 fully saturated rings. The number of hydrogen-bond acceptors (Lipinski definition) is 3. The highest BCUT2D eigenvalue weighted by Gasteiger charge is 2.11. The number of benzene rings is 1. The van der Waals surface area contributed by atoms with Crippen LogP contribution in [0.2, 0.25) is 0 Å². The third kappa shape index (κ3) is 5.07. The van der Waals surface area contributed by atoms with E-state index in [1.54, 1.807) is 7.11 Å². The summed E-state index contributed by atoms with van der Waals surface area (Å²) in [6.07, 6.45) is 1.44. The normalized spacial score (nSPS) is 14.2. The first-order valence-corrected chi connectivity index (χ1v) is 6.56. The van der Waals surface area contributed by atoms with Gasteiger partial charge < -0.3 is 14.6 Å². The molecule has 0 aromatic heterocycles. The largest absolute Gasteiger partial charge is 0.497 e. The first-order valence-electron chi connectivity index (χ1n) is 6.56. The molecule has 3 heteroatoms. The minimum atomic E-state index is -0.258. The quantitative estimate of drug-likeness (QED) is 0.723. The van der Waals surface area contributed by atoms with Crippen molar-refractivity contribution < 1.29 is 14.6 Å². The average molecular weight is 252 g/mol. The molecule has 102 valence electrons. The lowest BCUT2D eigenvalue weighted by atomic mass is 10.00. The minimum absolute atomic E-state index is 0.258. The zero-order valence-electron chi connectivity index (χ0n) is 11.6. The average Bonchev–Trinajstić information content (AvgIpc) is 2.43. The Hall–Kier alpha value is -1.06. The fraction of sp³-hybridized carbons (Fsp3) is 0.600. The molecule has 1 rings (SSSR count). The Morgan fingerprint density at radius 2 is 1.89 bits per heavy atom. The summed E-state index contributed by atoms with van der Waals surface area (Å²) in [5, 5.41) is 9.79. The SMILES string of the molecule is CC[C@H](C)[C@@H](O)CCOCc1ccc(OC)cc1. The summed E-state index contributed by atoms with van der Waals surface area (Å²) >= 11 is 0. The monoisotopic (exact) mass is 252 g/mol. The lowest BCUT2D eigenvalue weighted by Crippen LogP contribution is -2.18. The van der Waals surface area contributed by atoms with Gasteiger partial charge in [-0.3, -0.25) is 0 Å². The van der Waals surface area contributed by atoms with Gasteiger partial charge in [0.1, 0.15) is 5.75 Å². The van der Waals surface area contributed by atoms with Gasteiger partial charge in [-0.2, -0.15) is 0 Å². The molecule has 0 saturated heterocycles.